The van der Waals surface area contributed by atoms with E-state index in [4.69, 9.17) is 17.4 Å². The number of rotatable bonds is 2. The fourth-order valence-electron chi connectivity index (χ4n) is 0.838. The Labute approximate surface area is 74.8 Å². The molecule has 64 valence electrons. The highest BCUT2D eigenvalue weighted by atomic mass is 35.5. The van der Waals surface area contributed by atoms with E-state index in [1.807, 2.05) is 0 Å². The zero-order valence-corrected chi connectivity index (χ0v) is 7.05. The Balaban J connectivity index is 2.86. The molecule has 1 aromatic carbocycles. The number of hydrogen-bond acceptors (Lipinski definition) is 2. The molecule has 0 spiro atoms. The summed E-state index contributed by atoms with van der Waals surface area (Å²) in [5.74, 6) is 4.57. The molecule has 0 aliphatic carbocycles. The summed E-state index contributed by atoms with van der Waals surface area (Å²) >= 11 is 5.72. The van der Waals surface area contributed by atoms with Crippen LogP contribution in [0.15, 0.2) is 23.3 Å². The maximum Gasteiger partial charge on any atom is 0.124 e. The molecular formula is C8H8ClFN2. The monoisotopic (exact) mass is 186 g/mol. The lowest BCUT2D eigenvalue weighted by Gasteiger charge is -1.98. The molecule has 0 heterocycles. The van der Waals surface area contributed by atoms with Gasteiger partial charge in [-0.3, -0.25) is 0 Å². The van der Waals surface area contributed by atoms with Crippen LogP contribution in [0.2, 0.25) is 5.02 Å². The molecule has 1 aromatic rings. The predicted molar refractivity (Wildman–Crippen MR) is 47.8 cm³/mol. The van der Waals surface area contributed by atoms with Crippen LogP contribution in [-0.4, -0.2) is 6.21 Å². The van der Waals surface area contributed by atoms with E-state index >= 15 is 0 Å². The Morgan fingerprint density at radius 3 is 2.92 bits per heavy atom. The lowest BCUT2D eigenvalue weighted by atomic mass is 10.2. The van der Waals surface area contributed by atoms with E-state index in [1.54, 1.807) is 6.07 Å². The number of hydrogen-bond donors (Lipinski definition) is 1. The minimum absolute atomic E-state index is 0.339. The molecule has 4 heteroatoms. The first-order valence-corrected chi connectivity index (χ1v) is 3.77. The van der Waals surface area contributed by atoms with E-state index in [2.05, 4.69) is 5.10 Å². The van der Waals surface area contributed by atoms with Crippen molar-refractivity contribution in [3.63, 3.8) is 0 Å². The minimum Gasteiger partial charge on any atom is -0.324 e. The highest BCUT2D eigenvalue weighted by Crippen LogP contribution is 2.16. The fraction of sp³-hybridized carbons (Fsp3) is 0.125. The second kappa shape index (κ2) is 4.07. The summed E-state index contributed by atoms with van der Waals surface area (Å²) in [6, 6.07) is 4.23. The molecule has 0 fully saturated rings. The molecule has 0 radical (unpaired) electrons. The summed E-state index contributed by atoms with van der Waals surface area (Å²) in [6.07, 6.45) is 2.04. The van der Waals surface area contributed by atoms with Gasteiger partial charge in [-0.15, -0.1) is 0 Å². The molecular weight excluding hydrogens is 179 g/mol. The van der Waals surface area contributed by atoms with E-state index in [9.17, 15) is 4.39 Å². The first kappa shape index (κ1) is 9.00. The zero-order valence-electron chi connectivity index (χ0n) is 6.30. The van der Waals surface area contributed by atoms with Gasteiger partial charge in [-0.25, -0.2) is 4.39 Å². The fourth-order valence-corrected chi connectivity index (χ4v) is 1.08. The number of hydrazone groups is 1. The summed E-state index contributed by atoms with van der Waals surface area (Å²) < 4.78 is 12.5. The van der Waals surface area contributed by atoms with Crippen LogP contribution in [0.25, 0.3) is 0 Å². The van der Waals surface area contributed by atoms with E-state index < -0.39 is 0 Å². The molecule has 0 aliphatic heterocycles. The predicted octanol–water partition coefficient (Wildman–Crippen LogP) is 1.97. The Hall–Kier alpha value is -1.09. The van der Waals surface area contributed by atoms with Crippen molar-refractivity contribution in [1.29, 1.82) is 0 Å². The highest BCUT2D eigenvalue weighted by molar-refractivity contribution is 6.31. The molecule has 0 bridgehead atoms. The van der Waals surface area contributed by atoms with Crippen molar-refractivity contribution in [2.75, 3.05) is 0 Å². The van der Waals surface area contributed by atoms with Gasteiger partial charge in [0, 0.05) is 17.7 Å². The minimum atomic E-state index is -0.339. The molecule has 0 unspecified atom stereocenters. The maximum atomic E-state index is 12.5. The number of benzene rings is 1. The molecule has 0 aromatic heterocycles. The second-order valence-electron chi connectivity index (χ2n) is 2.27. The second-order valence-corrected chi connectivity index (χ2v) is 2.68. The van der Waals surface area contributed by atoms with Crippen LogP contribution in [-0.2, 0) is 6.42 Å². The van der Waals surface area contributed by atoms with Crippen molar-refractivity contribution in [3.8, 4) is 0 Å². The van der Waals surface area contributed by atoms with Gasteiger partial charge in [0.1, 0.15) is 5.82 Å². The van der Waals surface area contributed by atoms with Crippen LogP contribution in [0, 0.1) is 5.82 Å². The van der Waals surface area contributed by atoms with Crippen molar-refractivity contribution >= 4 is 17.8 Å². The van der Waals surface area contributed by atoms with Crippen molar-refractivity contribution in [2.24, 2.45) is 10.9 Å². The van der Waals surface area contributed by atoms with Crippen molar-refractivity contribution in [3.05, 3.63) is 34.6 Å². The van der Waals surface area contributed by atoms with Crippen LogP contribution >= 0.6 is 11.6 Å². The maximum absolute atomic E-state index is 12.5. The van der Waals surface area contributed by atoms with Gasteiger partial charge in [0.05, 0.1) is 0 Å². The molecule has 2 nitrogen and oxygen atoms in total. The summed E-state index contributed by atoms with van der Waals surface area (Å²) in [4.78, 5) is 0. The summed E-state index contributed by atoms with van der Waals surface area (Å²) in [6.45, 7) is 0. The van der Waals surface area contributed by atoms with Crippen LogP contribution in [0.4, 0.5) is 4.39 Å². The normalized spacial score (nSPS) is 10.8. The summed E-state index contributed by atoms with van der Waals surface area (Å²) in [5.41, 5.74) is 0.812. The first-order valence-electron chi connectivity index (χ1n) is 3.39. The van der Waals surface area contributed by atoms with E-state index in [1.165, 1.54) is 18.3 Å². The standard InChI is InChI=1S/C8H8ClFN2/c9-8-5-7(10)2-1-6(8)3-4-12-11/h1-2,4-5H,3,11H2/b12-4+. The van der Waals surface area contributed by atoms with Gasteiger partial charge in [-0.05, 0) is 17.7 Å². The van der Waals surface area contributed by atoms with Gasteiger partial charge in [0.15, 0.2) is 0 Å². The number of nitrogens with zero attached hydrogens (tertiary/aromatic N) is 1. The molecule has 0 saturated carbocycles. The highest BCUT2D eigenvalue weighted by Gasteiger charge is 1.99. The van der Waals surface area contributed by atoms with E-state index in [0.717, 1.165) is 5.56 Å². The largest absolute Gasteiger partial charge is 0.324 e. The Morgan fingerprint density at radius 2 is 2.33 bits per heavy atom. The Kier molecular flexibility index (Phi) is 3.05. The number of halogens is 2. The van der Waals surface area contributed by atoms with Crippen LogP contribution < -0.4 is 5.84 Å². The van der Waals surface area contributed by atoms with Gasteiger partial charge in [0.2, 0.25) is 0 Å². The van der Waals surface area contributed by atoms with Gasteiger partial charge in [-0.2, -0.15) is 5.10 Å². The third-order valence-corrected chi connectivity index (χ3v) is 1.78. The quantitative estimate of drug-likeness (QED) is 0.428. The lowest BCUT2D eigenvalue weighted by molar-refractivity contribution is 0.627. The van der Waals surface area contributed by atoms with Crippen molar-refractivity contribution < 1.29 is 4.39 Å². The number of nitrogens with two attached hydrogens (primary N) is 1. The van der Waals surface area contributed by atoms with Gasteiger partial charge in [-0.1, -0.05) is 17.7 Å². The summed E-state index contributed by atoms with van der Waals surface area (Å²) in [5, 5.41) is 3.72. The van der Waals surface area contributed by atoms with Crippen LogP contribution in [0.5, 0.6) is 0 Å². The van der Waals surface area contributed by atoms with E-state index in [-0.39, 0.29) is 5.82 Å². The smallest absolute Gasteiger partial charge is 0.124 e. The molecule has 0 aliphatic rings. The van der Waals surface area contributed by atoms with Gasteiger partial charge in [0.25, 0.3) is 0 Å². The van der Waals surface area contributed by atoms with Crippen molar-refractivity contribution in [1.82, 2.24) is 0 Å². The Morgan fingerprint density at radius 1 is 1.58 bits per heavy atom. The van der Waals surface area contributed by atoms with E-state index in [0.29, 0.717) is 11.4 Å². The molecule has 0 amide bonds. The van der Waals surface area contributed by atoms with Crippen LogP contribution in [0.3, 0.4) is 0 Å². The molecule has 0 saturated heterocycles. The average Bonchev–Trinajstić information content (AvgIpc) is 2.03. The van der Waals surface area contributed by atoms with Gasteiger partial charge >= 0.3 is 0 Å². The van der Waals surface area contributed by atoms with Crippen LogP contribution in [0.1, 0.15) is 5.56 Å². The first-order chi connectivity index (χ1) is 5.74. The SMILES string of the molecule is N/N=C/Cc1ccc(F)cc1Cl. The zero-order chi connectivity index (χ0) is 8.97. The van der Waals surface area contributed by atoms with Gasteiger partial charge < -0.3 is 5.84 Å². The molecule has 0 atom stereocenters. The lowest BCUT2D eigenvalue weighted by Crippen LogP contribution is -1.91. The topological polar surface area (TPSA) is 38.4 Å². The molecule has 12 heavy (non-hydrogen) atoms. The average molecular weight is 187 g/mol. The Bertz CT molecular complexity index is 299. The molecule has 1 rings (SSSR count). The van der Waals surface area contributed by atoms with Crippen molar-refractivity contribution in [2.45, 2.75) is 6.42 Å². The third-order valence-electron chi connectivity index (χ3n) is 1.43. The third kappa shape index (κ3) is 2.20. The summed E-state index contributed by atoms with van der Waals surface area (Å²) in [7, 11) is 0. The molecule has 2 N–H and O–H groups in total.